The third-order valence-corrected chi connectivity index (χ3v) is 5.41. The minimum Gasteiger partial charge on any atom is -0.497 e. The summed E-state index contributed by atoms with van der Waals surface area (Å²) >= 11 is 0. The first kappa shape index (κ1) is 18.2. The zero-order valence-electron chi connectivity index (χ0n) is 16.0. The van der Waals surface area contributed by atoms with Gasteiger partial charge in [-0.15, -0.1) is 0 Å². The first-order chi connectivity index (χ1) is 13.8. The summed E-state index contributed by atoms with van der Waals surface area (Å²) in [4.78, 5) is 19.1. The number of pyridine rings is 1. The molecule has 0 unspecified atom stereocenters. The van der Waals surface area contributed by atoms with E-state index in [9.17, 15) is 4.79 Å². The lowest BCUT2D eigenvalue weighted by atomic mass is 9.78. The zero-order chi connectivity index (χ0) is 19.3. The highest BCUT2D eigenvalue weighted by molar-refractivity contribution is 6.03. The van der Waals surface area contributed by atoms with Gasteiger partial charge in [0.1, 0.15) is 5.75 Å². The van der Waals surface area contributed by atoms with Gasteiger partial charge in [0.25, 0.3) is 0 Å². The fraction of sp³-hybridized carbons (Fsp3) is 0.250. The molecule has 0 radical (unpaired) electrons. The molecule has 2 heterocycles. The van der Waals surface area contributed by atoms with Crippen LogP contribution in [0.1, 0.15) is 30.0 Å². The first-order valence-electron chi connectivity index (χ1n) is 9.69. The van der Waals surface area contributed by atoms with Crippen molar-refractivity contribution in [3.63, 3.8) is 0 Å². The van der Waals surface area contributed by atoms with E-state index in [4.69, 9.17) is 4.74 Å². The Bertz CT molecular complexity index is 910. The monoisotopic (exact) mass is 372 g/mol. The lowest BCUT2D eigenvalue weighted by molar-refractivity contribution is -0.130. The Morgan fingerprint density at radius 2 is 1.79 bits per heavy atom. The second kappa shape index (κ2) is 8.26. The molecule has 0 saturated carbocycles. The number of methoxy groups -OCH3 is 1. The summed E-state index contributed by atoms with van der Waals surface area (Å²) in [6, 6.07) is 22.1. The standard InChI is InChI=1S/C24H24N2O2/c1-28-21-14-12-19(13-15-21)23-22(11-5-7-18-8-6-16-25-17-18)24(27)26(23)20-9-3-2-4-10-20/h2-4,6,8-10,12-17,22-23H,5,7,11H2,1H3/t22-,23-/m1/s1. The van der Waals surface area contributed by atoms with Gasteiger partial charge in [0.05, 0.1) is 19.1 Å². The molecule has 142 valence electrons. The maximum atomic E-state index is 13.0. The number of amides is 1. The summed E-state index contributed by atoms with van der Waals surface area (Å²) < 4.78 is 5.29. The maximum Gasteiger partial charge on any atom is 0.233 e. The number of hydrogen-bond acceptors (Lipinski definition) is 3. The third-order valence-electron chi connectivity index (χ3n) is 5.41. The Morgan fingerprint density at radius 1 is 1.00 bits per heavy atom. The first-order valence-corrected chi connectivity index (χ1v) is 9.69. The number of anilines is 1. The smallest absolute Gasteiger partial charge is 0.233 e. The summed E-state index contributed by atoms with van der Waals surface area (Å²) in [6.07, 6.45) is 6.47. The molecular formula is C24H24N2O2. The molecule has 1 saturated heterocycles. The summed E-state index contributed by atoms with van der Waals surface area (Å²) in [5.41, 5.74) is 3.32. The van der Waals surface area contributed by atoms with Crippen LogP contribution in [0.5, 0.6) is 5.75 Å². The van der Waals surface area contributed by atoms with Gasteiger partial charge >= 0.3 is 0 Å². The molecule has 1 aliphatic rings. The minimum absolute atomic E-state index is 0.00488. The van der Waals surface area contributed by atoms with Crippen LogP contribution in [0.25, 0.3) is 0 Å². The fourth-order valence-corrected chi connectivity index (χ4v) is 3.96. The van der Waals surface area contributed by atoms with Crippen LogP contribution in [-0.4, -0.2) is 18.0 Å². The number of β-lactam (4-membered cyclic amide) rings is 1. The average Bonchev–Trinajstić information content (AvgIpc) is 2.76. The van der Waals surface area contributed by atoms with Gasteiger partial charge in [0.2, 0.25) is 5.91 Å². The SMILES string of the molecule is COc1ccc([C@@H]2[C@@H](CCCc3cccnc3)C(=O)N2c2ccccc2)cc1. The Labute approximate surface area is 165 Å². The lowest BCUT2D eigenvalue weighted by Gasteiger charge is -2.47. The molecule has 4 rings (SSSR count). The number of aryl methyl sites for hydroxylation is 1. The molecule has 1 aromatic heterocycles. The predicted molar refractivity (Wildman–Crippen MR) is 110 cm³/mol. The molecule has 0 aliphatic carbocycles. The van der Waals surface area contributed by atoms with E-state index in [1.54, 1.807) is 13.3 Å². The summed E-state index contributed by atoms with van der Waals surface area (Å²) in [6.45, 7) is 0. The van der Waals surface area contributed by atoms with Crippen molar-refractivity contribution in [1.29, 1.82) is 0 Å². The van der Waals surface area contributed by atoms with Crippen molar-refractivity contribution >= 4 is 11.6 Å². The summed E-state index contributed by atoms with van der Waals surface area (Å²) in [5.74, 6) is 1.04. The van der Waals surface area contributed by atoms with Crippen LogP contribution in [0.4, 0.5) is 5.69 Å². The van der Waals surface area contributed by atoms with Gasteiger partial charge in [-0.05, 0) is 60.7 Å². The number of aromatic nitrogens is 1. The van der Waals surface area contributed by atoms with Gasteiger partial charge < -0.3 is 9.64 Å². The highest BCUT2D eigenvalue weighted by Gasteiger charge is 2.48. The van der Waals surface area contributed by atoms with Crippen molar-refractivity contribution in [2.45, 2.75) is 25.3 Å². The van der Waals surface area contributed by atoms with E-state index in [0.717, 1.165) is 36.3 Å². The van der Waals surface area contributed by atoms with Crippen molar-refractivity contribution in [1.82, 2.24) is 4.98 Å². The second-order valence-electron chi connectivity index (χ2n) is 7.12. The molecule has 1 aliphatic heterocycles. The molecule has 1 fully saturated rings. The van der Waals surface area contributed by atoms with E-state index in [2.05, 4.69) is 23.2 Å². The Balaban J connectivity index is 1.53. The minimum atomic E-state index is 0.00488. The topological polar surface area (TPSA) is 42.4 Å². The van der Waals surface area contributed by atoms with Crippen molar-refractivity contribution in [2.24, 2.45) is 5.92 Å². The summed E-state index contributed by atoms with van der Waals surface area (Å²) in [5, 5.41) is 0. The number of rotatable bonds is 7. The van der Waals surface area contributed by atoms with Crippen LogP contribution in [0.15, 0.2) is 79.1 Å². The van der Waals surface area contributed by atoms with Gasteiger partial charge in [0.15, 0.2) is 0 Å². The fourth-order valence-electron chi connectivity index (χ4n) is 3.96. The normalized spacial score (nSPS) is 18.6. The quantitative estimate of drug-likeness (QED) is 0.559. The van der Waals surface area contributed by atoms with Crippen molar-refractivity contribution in [2.75, 3.05) is 12.0 Å². The highest BCUT2D eigenvalue weighted by atomic mass is 16.5. The number of carbonyl (C=O) groups is 1. The van der Waals surface area contributed by atoms with Crippen molar-refractivity contribution in [3.8, 4) is 5.75 Å². The molecule has 0 bridgehead atoms. The van der Waals surface area contributed by atoms with Crippen LogP contribution >= 0.6 is 0 Å². The molecule has 2 atom stereocenters. The number of benzene rings is 2. The molecule has 0 spiro atoms. The molecular weight excluding hydrogens is 348 g/mol. The lowest BCUT2D eigenvalue weighted by Crippen LogP contribution is -2.55. The van der Waals surface area contributed by atoms with Crippen molar-refractivity contribution in [3.05, 3.63) is 90.3 Å². The Kier molecular flexibility index (Phi) is 5.38. The van der Waals surface area contributed by atoms with Gasteiger partial charge in [0, 0.05) is 18.1 Å². The molecule has 28 heavy (non-hydrogen) atoms. The molecule has 1 amide bonds. The van der Waals surface area contributed by atoms with E-state index < -0.39 is 0 Å². The Hall–Kier alpha value is -3.14. The highest BCUT2D eigenvalue weighted by Crippen LogP contribution is 2.45. The second-order valence-corrected chi connectivity index (χ2v) is 7.12. The number of carbonyl (C=O) groups excluding carboxylic acids is 1. The van der Waals surface area contributed by atoms with E-state index in [1.165, 1.54) is 5.56 Å². The molecule has 4 heteroatoms. The average molecular weight is 372 g/mol. The van der Waals surface area contributed by atoms with Crippen LogP contribution in [0.3, 0.4) is 0 Å². The summed E-state index contributed by atoms with van der Waals surface area (Å²) in [7, 11) is 1.67. The van der Waals surface area contributed by atoms with Gasteiger partial charge in [-0.2, -0.15) is 0 Å². The third kappa shape index (κ3) is 3.63. The predicted octanol–water partition coefficient (Wildman–Crippen LogP) is 4.82. The number of ether oxygens (including phenoxy) is 1. The largest absolute Gasteiger partial charge is 0.497 e. The van der Waals surface area contributed by atoms with Crippen LogP contribution < -0.4 is 9.64 Å². The van der Waals surface area contributed by atoms with E-state index in [-0.39, 0.29) is 17.9 Å². The van der Waals surface area contributed by atoms with Crippen LogP contribution in [-0.2, 0) is 11.2 Å². The van der Waals surface area contributed by atoms with Gasteiger partial charge in [-0.1, -0.05) is 36.4 Å². The zero-order valence-corrected chi connectivity index (χ0v) is 16.0. The number of hydrogen-bond donors (Lipinski definition) is 0. The number of nitrogens with zero attached hydrogens (tertiary/aromatic N) is 2. The van der Waals surface area contributed by atoms with Gasteiger partial charge in [-0.3, -0.25) is 9.78 Å². The Morgan fingerprint density at radius 3 is 2.46 bits per heavy atom. The molecule has 4 nitrogen and oxygen atoms in total. The van der Waals surface area contributed by atoms with E-state index in [1.807, 2.05) is 59.6 Å². The molecule has 3 aromatic rings. The van der Waals surface area contributed by atoms with E-state index >= 15 is 0 Å². The molecule has 2 aromatic carbocycles. The maximum absolute atomic E-state index is 13.0. The molecule has 0 N–H and O–H groups in total. The van der Waals surface area contributed by atoms with Crippen LogP contribution in [0, 0.1) is 5.92 Å². The van der Waals surface area contributed by atoms with Crippen LogP contribution in [0.2, 0.25) is 0 Å². The van der Waals surface area contributed by atoms with Gasteiger partial charge in [-0.25, -0.2) is 0 Å². The number of para-hydroxylation sites is 1. The van der Waals surface area contributed by atoms with Crippen molar-refractivity contribution < 1.29 is 9.53 Å². The van der Waals surface area contributed by atoms with E-state index in [0.29, 0.717) is 0 Å².